The molecule has 0 aromatic carbocycles. The van der Waals surface area contributed by atoms with E-state index in [2.05, 4.69) is 29.4 Å². The molecule has 0 spiro atoms. The van der Waals surface area contributed by atoms with Crippen molar-refractivity contribution < 1.29 is 4.74 Å². The number of nitrogens with two attached hydrogens (primary N) is 1. The number of hydrogen-bond donors (Lipinski definition) is 1. The van der Waals surface area contributed by atoms with Gasteiger partial charge in [-0.1, -0.05) is 13.8 Å². The number of ether oxygens (including phenoxy) is 1. The van der Waals surface area contributed by atoms with E-state index in [1.807, 2.05) is 4.68 Å². The molecule has 108 valence electrons. The molecule has 0 saturated heterocycles. The maximum Gasteiger partial charge on any atom is 0.183 e. The molecule has 1 aromatic rings. The van der Waals surface area contributed by atoms with E-state index in [-0.39, 0.29) is 5.60 Å². The minimum atomic E-state index is -0.326. The number of aryl methyl sites for hydroxylation is 1. The fourth-order valence-corrected chi connectivity index (χ4v) is 2.77. The van der Waals surface area contributed by atoms with E-state index in [1.165, 1.54) is 0 Å². The van der Waals surface area contributed by atoms with Gasteiger partial charge in [-0.05, 0) is 54.5 Å². The monoisotopic (exact) mass is 267 g/mol. The van der Waals surface area contributed by atoms with Gasteiger partial charge in [0, 0.05) is 13.7 Å². The van der Waals surface area contributed by atoms with Crippen molar-refractivity contribution in [2.45, 2.75) is 58.1 Å². The van der Waals surface area contributed by atoms with Gasteiger partial charge in [-0.15, -0.1) is 5.10 Å². The van der Waals surface area contributed by atoms with Crippen molar-refractivity contribution in [1.82, 2.24) is 20.2 Å². The van der Waals surface area contributed by atoms with E-state index in [4.69, 9.17) is 10.5 Å². The van der Waals surface area contributed by atoms with Gasteiger partial charge >= 0.3 is 0 Å². The molecule has 2 rings (SSSR count). The third-order valence-corrected chi connectivity index (χ3v) is 4.32. The van der Waals surface area contributed by atoms with Crippen LogP contribution in [-0.2, 0) is 16.9 Å². The lowest BCUT2D eigenvalue weighted by Gasteiger charge is -2.41. The van der Waals surface area contributed by atoms with Crippen LogP contribution in [0.15, 0.2) is 0 Å². The van der Waals surface area contributed by atoms with Gasteiger partial charge in [-0.25, -0.2) is 4.68 Å². The van der Waals surface area contributed by atoms with Crippen LogP contribution in [0.4, 0.5) is 0 Å². The largest absolute Gasteiger partial charge is 0.370 e. The summed E-state index contributed by atoms with van der Waals surface area (Å²) in [5.41, 5.74) is 5.62. The van der Waals surface area contributed by atoms with E-state index in [9.17, 15) is 0 Å². The van der Waals surface area contributed by atoms with Crippen LogP contribution in [0.25, 0.3) is 0 Å². The Balaban J connectivity index is 2.20. The average Bonchev–Trinajstić information content (AvgIpc) is 2.86. The maximum absolute atomic E-state index is 5.84. The summed E-state index contributed by atoms with van der Waals surface area (Å²) in [5.74, 6) is 0.860. The van der Waals surface area contributed by atoms with Gasteiger partial charge in [0.05, 0.1) is 0 Å². The smallest absolute Gasteiger partial charge is 0.183 e. The van der Waals surface area contributed by atoms with Crippen molar-refractivity contribution in [3.05, 3.63) is 5.82 Å². The second-order valence-corrected chi connectivity index (χ2v) is 6.23. The fourth-order valence-electron chi connectivity index (χ4n) is 2.77. The minimum absolute atomic E-state index is 0.326. The SMILES string of the molecule is COC1(c2nnnn2CCCN)CCC(C)(C)CC1. The van der Waals surface area contributed by atoms with Crippen molar-refractivity contribution in [3.8, 4) is 0 Å². The van der Waals surface area contributed by atoms with Crippen LogP contribution in [-0.4, -0.2) is 33.9 Å². The second-order valence-electron chi connectivity index (χ2n) is 6.23. The highest BCUT2D eigenvalue weighted by atomic mass is 16.5. The fraction of sp³-hybridized carbons (Fsp3) is 0.923. The number of aromatic nitrogens is 4. The molecule has 6 heteroatoms. The Kier molecular flexibility index (Phi) is 4.20. The molecule has 0 amide bonds. The molecule has 1 heterocycles. The molecule has 19 heavy (non-hydrogen) atoms. The molecule has 6 nitrogen and oxygen atoms in total. The summed E-state index contributed by atoms with van der Waals surface area (Å²) in [4.78, 5) is 0. The summed E-state index contributed by atoms with van der Waals surface area (Å²) in [6.07, 6.45) is 5.08. The standard InChI is InChI=1S/C13H25N5O/c1-12(2)5-7-13(19-3,8-6-12)11-15-16-17-18(11)10-4-9-14/h4-10,14H2,1-3H3. The molecular weight excluding hydrogens is 242 g/mol. The minimum Gasteiger partial charge on any atom is -0.370 e. The highest BCUT2D eigenvalue weighted by Gasteiger charge is 2.43. The van der Waals surface area contributed by atoms with Gasteiger partial charge in [-0.3, -0.25) is 0 Å². The van der Waals surface area contributed by atoms with Crippen molar-refractivity contribution >= 4 is 0 Å². The third-order valence-electron chi connectivity index (χ3n) is 4.32. The lowest BCUT2D eigenvalue weighted by atomic mass is 9.70. The molecule has 1 aromatic heterocycles. The number of hydrogen-bond acceptors (Lipinski definition) is 5. The van der Waals surface area contributed by atoms with Crippen molar-refractivity contribution in [3.63, 3.8) is 0 Å². The lowest BCUT2D eigenvalue weighted by Crippen LogP contribution is -2.39. The number of rotatable bonds is 5. The van der Waals surface area contributed by atoms with Crippen LogP contribution < -0.4 is 5.73 Å². The van der Waals surface area contributed by atoms with Crippen LogP contribution >= 0.6 is 0 Å². The summed E-state index contributed by atoms with van der Waals surface area (Å²) in [6, 6.07) is 0. The molecule has 1 aliphatic rings. The van der Waals surface area contributed by atoms with E-state index in [0.717, 1.165) is 44.5 Å². The highest BCUT2D eigenvalue weighted by Crippen LogP contribution is 2.46. The highest BCUT2D eigenvalue weighted by molar-refractivity contribution is 5.04. The Bertz CT molecular complexity index is 405. The Morgan fingerprint density at radius 1 is 1.26 bits per heavy atom. The van der Waals surface area contributed by atoms with Gasteiger partial charge in [-0.2, -0.15) is 0 Å². The molecule has 1 saturated carbocycles. The number of nitrogens with zero attached hydrogens (tertiary/aromatic N) is 4. The zero-order chi connectivity index (χ0) is 13.9. The molecule has 0 unspecified atom stereocenters. The van der Waals surface area contributed by atoms with E-state index >= 15 is 0 Å². The number of methoxy groups -OCH3 is 1. The summed E-state index contributed by atoms with van der Waals surface area (Å²) in [6.45, 7) is 6.02. The summed E-state index contributed by atoms with van der Waals surface area (Å²) >= 11 is 0. The summed E-state index contributed by atoms with van der Waals surface area (Å²) in [7, 11) is 1.76. The van der Waals surface area contributed by atoms with Crippen LogP contribution in [0.5, 0.6) is 0 Å². The van der Waals surface area contributed by atoms with Crippen molar-refractivity contribution in [2.75, 3.05) is 13.7 Å². The first-order chi connectivity index (χ1) is 9.03. The zero-order valence-electron chi connectivity index (χ0n) is 12.2. The molecule has 1 fully saturated rings. The quantitative estimate of drug-likeness (QED) is 0.873. The van der Waals surface area contributed by atoms with E-state index < -0.39 is 0 Å². The van der Waals surface area contributed by atoms with Gasteiger partial charge < -0.3 is 10.5 Å². The lowest BCUT2D eigenvalue weighted by molar-refractivity contribution is -0.0758. The first kappa shape index (κ1) is 14.4. The molecule has 0 atom stereocenters. The predicted molar refractivity (Wildman–Crippen MR) is 72.4 cm³/mol. The van der Waals surface area contributed by atoms with Gasteiger partial charge in [0.2, 0.25) is 0 Å². The molecule has 2 N–H and O–H groups in total. The molecule has 1 aliphatic carbocycles. The molecule has 0 radical (unpaired) electrons. The van der Waals surface area contributed by atoms with E-state index in [1.54, 1.807) is 7.11 Å². The van der Waals surface area contributed by atoms with Gasteiger partial charge in [0.15, 0.2) is 5.82 Å². The normalized spacial score (nSPS) is 21.5. The van der Waals surface area contributed by atoms with E-state index in [0.29, 0.717) is 12.0 Å². The summed E-state index contributed by atoms with van der Waals surface area (Å²) < 4.78 is 7.70. The van der Waals surface area contributed by atoms with Crippen LogP contribution in [0.2, 0.25) is 0 Å². The first-order valence-electron chi connectivity index (χ1n) is 7.05. The second kappa shape index (κ2) is 5.54. The number of tetrazole rings is 1. The topological polar surface area (TPSA) is 78.9 Å². The van der Waals surface area contributed by atoms with Crippen molar-refractivity contribution in [1.29, 1.82) is 0 Å². The Hall–Kier alpha value is -1.01. The first-order valence-corrected chi connectivity index (χ1v) is 7.05. The molecular formula is C13H25N5O. The van der Waals surface area contributed by atoms with Gasteiger partial charge in [0.25, 0.3) is 0 Å². The summed E-state index contributed by atoms with van der Waals surface area (Å²) in [5, 5.41) is 12.1. The zero-order valence-corrected chi connectivity index (χ0v) is 12.2. The Labute approximate surface area is 114 Å². The average molecular weight is 267 g/mol. The van der Waals surface area contributed by atoms with Crippen LogP contribution in [0.1, 0.15) is 51.8 Å². The third kappa shape index (κ3) is 2.95. The van der Waals surface area contributed by atoms with Crippen LogP contribution in [0.3, 0.4) is 0 Å². The Morgan fingerprint density at radius 2 is 1.95 bits per heavy atom. The maximum atomic E-state index is 5.84. The Morgan fingerprint density at radius 3 is 2.53 bits per heavy atom. The molecule has 0 aliphatic heterocycles. The molecule has 0 bridgehead atoms. The van der Waals surface area contributed by atoms with Gasteiger partial charge in [0.1, 0.15) is 5.60 Å². The van der Waals surface area contributed by atoms with Crippen molar-refractivity contribution in [2.24, 2.45) is 11.1 Å². The van der Waals surface area contributed by atoms with Crippen LogP contribution in [0, 0.1) is 5.41 Å². The predicted octanol–water partition coefficient (Wildman–Crippen LogP) is 1.46.